The van der Waals surface area contributed by atoms with Gasteiger partial charge in [0.25, 0.3) is 0 Å². The van der Waals surface area contributed by atoms with Gasteiger partial charge >= 0.3 is 7.12 Å². The predicted molar refractivity (Wildman–Crippen MR) is 264 cm³/mol. The largest absolute Gasteiger partial charge is 0.461 e. The van der Waals surface area contributed by atoms with Crippen LogP contribution in [0.25, 0.3) is 11.1 Å². The van der Waals surface area contributed by atoms with E-state index in [9.17, 15) is 48.6 Å². The summed E-state index contributed by atoms with van der Waals surface area (Å²) in [7, 11) is 0.641. The smallest absolute Gasteiger partial charge is 0.405 e. The summed E-state index contributed by atoms with van der Waals surface area (Å²) >= 11 is 0. The second-order valence-electron chi connectivity index (χ2n) is 21.1. The van der Waals surface area contributed by atoms with Crippen LogP contribution in [0.5, 0.6) is 0 Å². The molecule has 4 fully saturated rings. The highest BCUT2D eigenvalue weighted by Crippen LogP contribution is 2.66. The van der Waals surface area contributed by atoms with Gasteiger partial charge in [0.15, 0.2) is 23.1 Å². The van der Waals surface area contributed by atoms with E-state index in [1.807, 2.05) is 31.2 Å². The van der Waals surface area contributed by atoms with E-state index in [1.54, 1.807) is 12.1 Å². The van der Waals surface area contributed by atoms with Gasteiger partial charge < -0.3 is 40.8 Å². The van der Waals surface area contributed by atoms with E-state index in [2.05, 4.69) is 50.5 Å². The SMILES string of the molecule is CCCCc1ccc(-c2ccc(C(=O)C[C@H](CO)C(=O)N[C@H](C)C(=O)CCC(=O)N(C)[C@H](C(=O)C[C@@H](C)C(=O)N[C@@H](CC(N)=O)C(=O)C[C@@H](C)B3OC4C[C@@H]5C[C@@H](C5(C)C)[C@]4(C)O3)C(C)O)cc2)cc1. The quantitative estimate of drug-likeness (QED) is 0.0588. The molecule has 4 aliphatic rings. The first-order valence-electron chi connectivity index (χ1n) is 25.0. The molecular formula is C53H75BN4O12. The molecule has 70 heavy (non-hydrogen) atoms. The maximum Gasteiger partial charge on any atom is 0.461 e. The normalized spacial score (nSPS) is 23.0. The van der Waals surface area contributed by atoms with Crippen LogP contribution in [-0.2, 0) is 49.3 Å². The summed E-state index contributed by atoms with van der Waals surface area (Å²) in [6, 6.07) is 11.5. The number of benzene rings is 2. The molecule has 0 radical (unpaired) electrons. The number of hydrogen-bond donors (Lipinski definition) is 5. The molecule has 382 valence electrons. The third-order valence-electron chi connectivity index (χ3n) is 15.4. The zero-order valence-corrected chi connectivity index (χ0v) is 42.5. The average Bonchev–Trinajstić information content (AvgIpc) is 3.68. The van der Waals surface area contributed by atoms with Crippen LogP contribution in [0.1, 0.15) is 136 Å². The van der Waals surface area contributed by atoms with E-state index < -0.39 is 115 Å². The maximum atomic E-state index is 13.6. The van der Waals surface area contributed by atoms with Gasteiger partial charge in [-0.25, -0.2) is 0 Å². The van der Waals surface area contributed by atoms with Crippen LogP contribution >= 0.6 is 0 Å². The number of aliphatic hydroxyl groups is 2. The van der Waals surface area contributed by atoms with Crippen LogP contribution in [0.3, 0.4) is 0 Å². The highest BCUT2D eigenvalue weighted by Gasteiger charge is 2.68. The Morgan fingerprint density at radius 1 is 0.814 bits per heavy atom. The first-order valence-corrected chi connectivity index (χ1v) is 25.0. The number of nitrogens with two attached hydrogens (primary N) is 1. The van der Waals surface area contributed by atoms with Gasteiger partial charge in [-0.2, -0.15) is 0 Å². The molecule has 16 nitrogen and oxygen atoms in total. The summed E-state index contributed by atoms with van der Waals surface area (Å²) in [6.45, 7) is 14.1. The van der Waals surface area contributed by atoms with Crippen LogP contribution in [0, 0.1) is 29.1 Å². The number of carbonyl (C=O) groups is 8. The summed E-state index contributed by atoms with van der Waals surface area (Å²) in [5.41, 5.74) is 8.70. The van der Waals surface area contributed by atoms with E-state index in [1.165, 1.54) is 33.4 Å². The Bertz CT molecular complexity index is 2230. The summed E-state index contributed by atoms with van der Waals surface area (Å²) in [5.74, 6) is -6.62. The molecular weight excluding hydrogens is 895 g/mol. The predicted octanol–water partition coefficient (Wildman–Crippen LogP) is 4.97. The van der Waals surface area contributed by atoms with E-state index in [0.717, 1.165) is 48.1 Å². The van der Waals surface area contributed by atoms with Crippen molar-refractivity contribution in [2.24, 2.45) is 34.8 Å². The van der Waals surface area contributed by atoms with Gasteiger partial charge in [0.05, 0.1) is 48.8 Å². The summed E-state index contributed by atoms with van der Waals surface area (Å²) in [4.78, 5) is 106. The van der Waals surface area contributed by atoms with Gasteiger partial charge in [0.2, 0.25) is 23.6 Å². The minimum Gasteiger partial charge on any atom is -0.405 e. The first-order chi connectivity index (χ1) is 32.9. The lowest BCUT2D eigenvalue weighted by molar-refractivity contribution is -0.199. The lowest BCUT2D eigenvalue weighted by Gasteiger charge is -2.64. The molecule has 17 heteroatoms. The third kappa shape index (κ3) is 13.2. The zero-order chi connectivity index (χ0) is 51.8. The summed E-state index contributed by atoms with van der Waals surface area (Å²) in [6.07, 6.45) is 1.73. The fourth-order valence-corrected chi connectivity index (χ4v) is 10.6. The van der Waals surface area contributed by atoms with Crippen molar-refractivity contribution in [2.75, 3.05) is 13.7 Å². The number of unbranched alkanes of at least 4 members (excludes halogenated alkanes) is 1. The third-order valence-corrected chi connectivity index (χ3v) is 15.4. The van der Waals surface area contributed by atoms with Crippen molar-refractivity contribution in [3.8, 4) is 11.1 Å². The monoisotopic (exact) mass is 971 g/mol. The summed E-state index contributed by atoms with van der Waals surface area (Å²) in [5, 5.41) is 25.8. The molecule has 2 unspecified atom stereocenters. The van der Waals surface area contributed by atoms with Gasteiger partial charge in [-0.1, -0.05) is 89.6 Å². The van der Waals surface area contributed by atoms with Crippen LogP contribution in [0.4, 0.5) is 0 Å². The summed E-state index contributed by atoms with van der Waals surface area (Å²) < 4.78 is 12.9. The van der Waals surface area contributed by atoms with Crippen LogP contribution in [0.15, 0.2) is 48.5 Å². The standard InChI is InChI=1S/C53H75BN4O12/c1-10-11-12-34-13-15-35(16-14-34)36-17-19-37(20-18-36)42(62)25-38(29-59)51(68)56-32(4)41(61)21-22-48(66)58(9)49(33(5)60)44(64)23-30(2)50(67)57-40(28-47(55)65)43(63)24-31(3)54-69-46-27-39-26-45(52(39,6)7)53(46,8)70-54/h13-20,30-33,38-40,45-46,49,59-60H,10-12,21-29H2,1-9H3,(H2,55,65)(H,56,68)(H,57,67)/t30-,31-,32-,33?,38-,39+,40+,45+,46?,49+,53+/m1/s1. The van der Waals surface area contributed by atoms with Gasteiger partial charge in [-0.15, -0.1) is 0 Å². The number of nitrogens with one attached hydrogen (secondary N) is 2. The van der Waals surface area contributed by atoms with Gasteiger partial charge in [0, 0.05) is 50.6 Å². The average molecular weight is 971 g/mol. The Morgan fingerprint density at radius 3 is 2.01 bits per heavy atom. The van der Waals surface area contributed by atoms with Gasteiger partial charge in [-0.3, -0.25) is 38.4 Å². The number of ketones is 4. The van der Waals surface area contributed by atoms with Gasteiger partial charge in [-0.05, 0) is 86.2 Å². The molecule has 6 N–H and O–H groups in total. The molecule has 6 rings (SSSR count). The molecule has 3 saturated carbocycles. The molecule has 2 aromatic carbocycles. The van der Waals surface area contributed by atoms with Crippen molar-refractivity contribution in [3.63, 3.8) is 0 Å². The Balaban J connectivity index is 1.07. The molecule has 0 aromatic heterocycles. The number of Topliss-reactive ketones (excluding diaryl/α,β-unsaturated/α-hetero) is 4. The molecule has 2 aromatic rings. The van der Waals surface area contributed by atoms with Crippen molar-refractivity contribution in [2.45, 2.75) is 168 Å². The number of rotatable bonds is 27. The maximum absolute atomic E-state index is 13.6. The highest BCUT2D eigenvalue weighted by molar-refractivity contribution is 6.47. The molecule has 11 atom stereocenters. The number of carbonyl (C=O) groups excluding carboxylic acids is 8. The van der Waals surface area contributed by atoms with Crippen LogP contribution in [0.2, 0.25) is 5.82 Å². The minimum absolute atomic E-state index is 0.0726. The fraction of sp³-hybridized carbons (Fsp3) is 0.623. The second-order valence-corrected chi connectivity index (χ2v) is 21.1. The first kappa shape index (κ1) is 55.8. The lowest BCUT2D eigenvalue weighted by atomic mass is 9.43. The molecule has 1 saturated heterocycles. The Labute approximate surface area is 413 Å². The Kier molecular flexibility index (Phi) is 19.0. The minimum atomic E-state index is -1.40. The number of hydrogen-bond acceptors (Lipinski definition) is 12. The van der Waals surface area contributed by atoms with Gasteiger partial charge in [0.1, 0.15) is 6.04 Å². The van der Waals surface area contributed by atoms with E-state index in [0.29, 0.717) is 17.4 Å². The van der Waals surface area contributed by atoms with Crippen molar-refractivity contribution < 1.29 is 57.9 Å². The van der Waals surface area contributed by atoms with E-state index in [-0.39, 0.29) is 43.0 Å². The van der Waals surface area contributed by atoms with Crippen LogP contribution in [-0.4, -0.2) is 119 Å². The van der Waals surface area contributed by atoms with Crippen LogP contribution < -0.4 is 16.4 Å². The number of likely N-dealkylation sites (N-methyl/N-ethyl adjacent to an activating group) is 1. The van der Waals surface area contributed by atoms with E-state index in [4.69, 9.17) is 15.0 Å². The number of aliphatic hydroxyl groups excluding tert-OH is 2. The van der Waals surface area contributed by atoms with Crippen molar-refractivity contribution >= 4 is 53.9 Å². The number of amides is 4. The zero-order valence-electron chi connectivity index (χ0n) is 42.5. The highest BCUT2D eigenvalue weighted by atomic mass is 16.7. The van der Waals surface area contributed by atoms with Crippen molar-refractivity contribution in [1.82, 2.24) is 15.5 Å². The van der Waals surface area contributed by atoms with Crippen molar-refractivity contribution in [1.29, 1.82) is 0 Å². The number of nitrogens with zero attached hydrogens (tertiary/aromatic N) is 1. The molecule has 1 heterocycles. The lowest BCUT2D eigenvalue weighted by Crippen LogP contribution is -2.65. The molecule has 2 bridgehead atoms. The molecule has 0 spiro atoms. The Morgan fingerprint density at radius 2 is 1.44 bits per heavy atom. The topological polar surface area (TPSA) is 249 Å². The molecule has 3 aliphatic carbocycles. The fourth-order valence-electron chi connectivity index (χ4n) is 10.6. The van der Waals surface area contributed by atoms with Crippen molar-refractivity contribution in [3.05, 3.63) is 59.7 Å². The molecule has 4 amide bonds. The number of primary amides is 1. The molecule has 1 aliphatic heterocycles. The number of aryl methyl sites for hydroxylation is 1. The Hall–Kier alpha value is -5.10. The van der Waals surface area contributed by atoms with E-state index >= 15 is 0 Å². The second kappa shape index (κ2) is 23.9.